The van der Waals surface area contributed by atoms with Gasteiger partial charge in [0.05, 0.1) is 13.2 Å². The summed E-state index contributed by atoms with van der Waals surface area (Å²) in [5.74, 6) is -0.0995. The maximum absolute atomic E-state index is 13.0. The fraction of sp³-hybridized carbons (Fsp3) is 0.538. The molecule has 0 unspecified atom stereocenters. The fourth-order valence-corrected chi connectivity index (χ4v) is 2.07. The van der Waals surface area contributed by atoms with Gasteiger partial charge in [0.25, 0.3) is 0 Å². The number of rotatable bonds is 4. The number of phenolic OH excluding ortho intramolecular Hbond substituents is 1. The third kappa shape index (κ3) is 3.68. The summed E-state index contributed by atoms with van der Waals surface area (Å²) in [5, 5.41) is 9.57. The van der Waals surface area contributed by atoms with Crippen molar-refractivity contribution in [3.05, 3.63) is 29.6 Å². The first-order valence-electron chi connectivity index (χ1n) is 6.03. The quantitative estimate of drug-likeness (QED) is 0.869. The summed E-state index contributed by atoms with van der Waals surface area (Å²) in [5.41, 5.74) is 0.693. The van der Waals surface area contributed by atoms with Crippen LogP contribution in [0, 0.1) is 5.82 Å². The van der Waals surface area contributed by atoms with Gasteiger partial charge in [-0.15, -0.1) is 0 Å². The normalized spacial score (nSPS) is 17.2. The molecular formula is C13H18FNO2. The van der Waals surface area contributed by atoms with Crippen LogP contribution in [-0.4, -0.2) is 42.9 Å². The van der Waals surface area contributed by atoms with E-state index in [9.17, 15) is 9.50 Å². The summed E-state index contributed by atoms with van der Waals surface area (Å²) in [6.07, 6.45) is 1.64. The maximum atomic E-state index is 13.0. The molecule has 1 aliphatic heterocycles. The Balaban J connectivity index is 1.79. The average Bonchev–Trinajstić information content (AvgIpc) is 2.35. The summed E-state index contributed by atoms with van der Waals surface area (Å²) < 4.78 is 18.3. The van der Waals surface area contributed by atoms with Gasteiger partial charge in [0.15, 0.2) is 0 Å². The fourth-order valence-electron chi connectivity index (χ4n) is 2.07. The van der Waals surface area contributed by atoms with Crippen molar-refractivity contribution in [1.82, 2.24) is 4.90 Å². The van der Waals surface area contributed by atoms with E-state index >= 15 is 0 Å². The largest absolute Gasteiger partial charge is 0.508 e. The number of morpholine rings is 1. The lowest BCUT2D eigenvalue weighted by atomic mass is 10.1. The third-order valence-electron chi connectivity index (χ3n) is 3.07. The highest BCUT2D eigenvalue weighted by Crippen LogP contribution is 2.19. The highest BCUT2D eigenvalue weighted by atomic mass is 19.1. The van der Waals surface area contributed by atoms with Crippen LogP contribution >= 0.6 is 0 Å². The molecule has 0 radical (unpaired) electrons. The number of halogens is 1. The number of phenols is 1. The van der Waals surface area contributed by atoms with Crippen molar-refractivity contribution >= 4 is 0 Å². The van der Waals surface area contributed by atoms with Gasteiger partial charge in [-0.05, 0) is 43.1 Å². The van der Waals surface area contributed by atoms with Crippen LogP contribution in [0.15, 0.2) is 18.2 Å². The molecule has 0 bridgehead atoms. The minimum absolute atomic E-state index is 0.188. The topological polar surface area (TPSA) is 32.7 Å². The Morgan fingerprint density at radius 3 is 2.82 bits per heavy atom. The molecule has 1 aliphatic rings. The van der Waals surface area contributed by atoms with E-state index in [-0.39, 0.29) is 11.6 Å². The third-order valence-corrected chi connectivity index (χ3v) is 3.07. The number of aromatic hydroxyl groups is 1. The van der Waals surface area contributed by atoms with E-state index < -0.39 is 0 Å². The molecule has 0 aromatic heterocycles. The summed E-state index contributed by atoms with van der Waals surface area (Å²) in [6, 6.07) is 4.11. The lowest BCUT2D eigenvalue weighted by Gasteiger charge is -2.26. The van der Waals surface area contributed by atoms with E-state index in [1.807, 2.05) is 0 Å². The van der Waals surface area contributed by atoms with Crippen LogP contribution in [0.1, 0.15) is 12.0 Å². The van der Waals surface area contributed by atoms with E-state index in [1.165, 1.54) is 18.2 Å². The van der Waals surface area contributed by atoms with Crippen molar-refractivity contribution in [2.24, 2.45) is 0 Å². The van der Waals surface area contributed by atoms with Crippen molar-refractivity contribution in [3.63, 3.8) is 0 Å². The number of hydrogen-bond acceptors (Lipinski definition) is 3. The number of benzene rings is 1. The number of nitrogens with zero attached hydrogens (tertiary/aromatic N) is 1. The molecule has 2 rings (SSSR count). The monoisotopic (exact) mass is 239 g/mol. The zero-order valence-corrected chi connectivity index (χ0v) is 9.86. The van der Waals surface area contributed by atoms with Gasteiger partial charge in [0, 0.05) is 13.1 Å². The molecule has 1 saturated heterocycles. The van der Waals surface area contributed by atoms with Crippen LogP contribution < -0.4 is 0 Å². The first-order chi connectivity index (χ1) is 8.25. The summed E-state index contributed by atoms with van der Waals surface area (Å²) in [4.78, 5) is 2.33. The molecule has 1 aromatic carbocycles. The average molecular weight is 239 g/mol. The predicted molar refractivity (Wildman–Crippen MR) is 63.6 cm³/mol. The second kappa shape index (κ2) is 5.98. The molecule has 94 valence electrons. The molecule has 1 N–H and O–H groups in total. The zero-order chi connectivity index (χ0) is 12.1. The molecule has 3 nitrogen and oxygen atoms in total. The van der Waals surface area contributed by atoms with Gasteiger partial charge in [0.2, 0.25) is 0 Å². The Hall–Kier alpha value is -1.13. The maximum Gasteiger partial charge on any atom is 0.123 e. The van der Waals surface area contributed by atoms with Gasteiger partial charge in [0.1, 0.15) is 11.6 Å². The molecule has 1 fully saturated rings. The Morgan fingerprint density at radius 2 is 2.06 bits per heavy atom. The SMILES string of the molecule is Oc1ccc(F)cc1CCCN1CCOCC1. The first-order valence-corrected chi connectivity index (χ1v) is 6.03. The van der Waals surface area contributed by atoms with Gasteiger partial charge < -0.3 is 9.84 Å². The Labute approximate surface area is 101 Å². The Kier molecular flexibility index (Phi) is 4.34. The van der Waals surface area contributed by atoms with E-state index in [0.29, 0.717) is 12.0 Å². The van der Waals surface area contributed by atoms with Gasteiger partial charge >= 0.3 is 0 Å². The second-order valence-electron chi connectivity index (χ2n) is 4.33. The van der Waals surface area contributed by atoms with Crippen LogP contribution in [0.3, 0.4) is 0 Å². The van der Waals surface area contributed by atoms with Gasteiger partial charge in [-0.3, -0.25) is 4.90 Å². The highest BCUT2D eigenvalue weighted by Gasteiger charge is 2.10. The van der Waals surface area contributed by atoms with E-state index in [4.69, 9.17) is 4.74 Å². The zero-order valence-electron chi connectivity index (χ0n) is 9.86. The molecule has 17 heavy (non-hydrogen) atoms. The van der Waals surface area contributed by atoms with Crippen molar-refractivity contribution in [1.29, 1.82) is 0 Å². The van der Waals surface area contributed by atoms with Crippen LogP contribution in [-0.2, 0) is 11.2 Å². The number of ether oxygens (including phenoxy) is 1. The number of hydrogen-bond donors (Lipinski definition) is 1. The molecule has 0 atom stereocenters. The lowest BCUT2D eigenvalue weighted by molar-refractivity contribution is 0.0374. The first kappa shape index (κ1) is 12.3. The van der Waals surface area contributed by atoms with Crippen LogP contribution in [0.5, 0.6) is 5.75 Å². The summed E-state index contributed by atoms with van der Waals surface area (Å²) in [6.45, 7) is 4.50. The van der Waals surface area contributed by atoms with Crippen molar-refractivity contribution < 1.29 is 14.2 Å². The van der Waals surface area contributed by atoms with Crippen molar-refractivity contribution in [2.45, 2.75) is 12.8 Å². The van der Waals surface area contributed by atoms with Gasteiger partial charge in [-0.1, -0.05) is 0 Å². The standard InChI is InChI=1S/C13H18FNO2/c14-12-3-4-13(16)11(10-12)2-1-5-15-6-8-17-9-7-15/h3-4,10,16H,1-2,5-9H2. The van der Waals surface area contributed by atoms with Crippen LogP contribution in [0.2, 0.25) is 0 Å². The summed E-state index contributed by atoms with van der Waals surface area (Å²) >= 11 is 0. The van der Waals surface area contributed by atoms with Crippen LogP contribution in [0.25, 0.3) is 0 Å². The minimum atomic E-state index is -0.288. The lowest BCUT2D eigenvalue weighted by Crippen LogP contribution is -2.36. The number of aryl methyl sites for hydroxylation is 1. The molecule has 0 amide bonds. The van der Waals surface area contributed by atoms with E-state index in [0.717, 1.165) is 39.3 Å². The second-order valence-corrected chi connectivity index (χ2v) is 4.33. The molecule has 0 saturated carbocycles. The Bertz CT molecular complexity index is 364. The molecule has 4 heteroatoms. The molecular weight excluding hydrogens is 221 g/mol. The van der Waals surface area contributed by atoms with Crippen molar-refractivity contribution in [2.75, 3.05) is 32.8 Å². The molecule has 1 aromatic rings. The molecule has 0 aliphatic carbocycles. The van der Waals surface area contributed by atoms with E-state index in [1.54, 1.807) is 0 Å². The molecule has 0 spiro atoms. The molecule has 1 heterocycles. The smallest absolute Gasteiger partial charge is 0.123 e. The highest BCUT2D eigenvalue weighted by molar-refractivity contribution is 5.32. The summed E-state index contributed by atoms with van der Waals surface area (Å²) in [7, 11) is 0. The van der Waals surface area contributed by atoms with Gasteiger partial charge in [-0.2, -0.15) is 0 Å². The van der Waals surface area contributed by atoms with Gasteiger partial charge in [-0.25, -0.2) is 4.39 Å². The van der Waals surface area contributed by atoms with Crippen molar-refractivity contribution in [3.8, 4) is 5.75 Å². The minimum Gasteiger partial charge on any atom is -0.508 e. The van der Waals surface area contributed by atoms with Crippen LogP contribution in [0.4, 0.5) is 4.39 Å². The predicted octanol–water partition coefficient (Wildman–Crippen LogP) is 1.80. The Morgan fingerprint density at radius 1 is 1.29 bits per heavy atom. The van der Waals surface area contributed by atoms with E-state index in [2.05, 4.69) is 4.90 Å².